The van der Waals surface area contributed by atoms with Crippen LogP contribution in [0.1, 0.15) is 45.2 Å². The van der Waals surface area contributed by atoms with Crippen molar-refractivity contribution in [3.63, 3.8) is 0 Å². The molecule has 90 valence electrons. The van der Waals surface area contributed by atoms with Crippen molar-refractivity contribution in [3.05, 3.63) is 53.6 Å². The van der Waals surface area contributed by atoms with E-state index in [1.54, 1.807) is 0 Å². The Hall–Kier alpha value is -1.30. The van der Waals surface area contributed by atoms with Crippen LogP contribution in [0.5, 0.6) is 0 Å². The highest BCUT2D eigenvalue weighted by molar-refractivity contribution is 5.71. The van der Waals surface area contributed by atoms with Gasteiger partial charge in [-0.3, -0.25) is 0 Å². The molecule has 1 aliphatic rings. The summed E-state index contributed by atoms with van der Waals surface area (Å²) in [7, 11) is 0. The van der Waals surface area contributed by atoms with Gasteiger partial charge in [0.1, 0.15) is 0 Å². The molecule has 0 spiro atoms. The summed E-state index contributed by atoms with van der Waals surface area (Å²) >= 11 is 0. The van der Waals surface area contributed by atoms with Crippen molar-refractivity contribution in [2.24, 2.45) is 5.92 Å². The van der Waals surface area contributed by atoms with E-state index < -0.39 is 0 Å². The lowest BCUT2D eigenvalue weighted by atomic mass is 9.74. The van der Waals surface area contributed by atoms with Gasteiger partial charge in [0.2, 0.25) is 0 Å². The van der Waals surface area contributed by atoms with Crippen molar-refractivity contribution in [1.82, 2.24) is 0 Å². The van der Waals surface area contributed by atoms with Crippen molar-refractivity contribution in [3.8, 4) is 0 Å². The Morgan fingerprint density at radius 1 is 1.18 bits per heavy atom. The standard InChI is InChI=1S/C17H22/c1-13(2)12-17(4)11-7-8-14(3)15-9-5-6-10-16(15)17/h5-11,13H,12H2,1-4H3. The van der Waals surface area contributed by atoms with Gasteiger partial charge in [0.05, 0.1) is 0 Å². The minimum Gasteiger partial charge on any atom is -0.0742 e. The number of hydrogen-bond acceptors (Lipinski definition) is 0. The largest absolute Gasteiger partial charge is 0.0742 e. The van der Waals surface area contributed by atoms with E-state index in [2.05, 4.69) is 70.2 Å². The first kappa shape index (κ1) is 12.2. The molecule has 0 aromatic heterocycles. The zero-order chi connectivity index (χ0) is 12.5. The number of hydrogen-bond donors (Lipinski definition) is 0. The molecule has 1 aromatic rings. The van der Waals surface area contributed by atoms with Crippen LogP contribution in [-0.4, -0.2) is 0 Å². The first-order valence-corrected chi connectivity index (χ1v) is 6.49. The van der Waals surface area contributed by atoms with Crippen LogP contribution in [0.25, 0.3) is 5.57 Å². The van der Waals surface area contributed by atoms with Gasteiger partial charge in [0, 0.05) is 5.41 Å². The van der Waals surface area contributed by atoms with E-state index in [0.717, 1.165) is 0 Å². The zero-order valence-electron chi connectivity index (χ0n) is 11.3. The molecule has 0 amide bonds. The Bertz CT molecular complexity index is 463. The first-order valence-electron chi connectivity index (χ1n) is 6.49. The highest BCUT2D eigenvalue weighted by Gasteiger charge is 2.28. The molecule has 0 heteroatoms. The average molecular weight is 226 g/mol. The molecule has 0 bridgehead atoms. The van der Waals surface area contributed by atoms with Gasteiger partial charge in [-0.2, -0.15) is 0 Å². The minimum atomic E-state index is 0.166. The molecule has 2 rings (SSSR count). The zero-order valence-corrected chi connectivity index (χ0v) is 11.3. The highest BCUT2D eigenvalue weighted by Crippen LogP contribution is 2.38. The summed E-state index contributed by atoms with van der Waals surface area (Å²) in [6, 6.07) is 8.82. The maximum Gasteiger partial charge on any atom is 0.0115 e. The molecule has 0 saturated carbocycles. The van der Waals surface area contributed by atoms with E-state index in [1.807, 2.05) is 0 Å². The van der Waals surface area contributed by atoms with Crippen LogP contribution in [0.2, 0.25) is 0 Å². The summed E-state index contributed by atoms with van der Waals surface area (Å²) in [5, 5.41) is 0. The number of fused-ring (bicyclic) bond motifs is 1. The highest BCUT2D eigenvalue weighted by atomic mass is 14.3. The Morgan fingerprint density at radius 3 is 2.59 bits per heavy atom. The van der Waals surface area contributed by atoms with Crippen molar-refractivity contribution in [2.45, 2.75) is 39.5 Å². The maximum absolute atomic E-state index is 2.36. The van der Waals surface area contributed by atoms with Gasteiger partial charge in [-0.25, -0.2) is 0 Å². The van der Waals surface area contributed by atoms with E-state index in [4.69, 9.17) is 0 Å². The van der Waals surface area contributed by atoms with Crippen LogP contribution < -0.4 is 0 Å². The number of benzene rings is 1. The summed E-state index contributed by atoms with van der Waals surface area (Å²) in [4.78, 5) is 0. The smallest absolute Gasteiger partial charge is 0.0115 e. The van der Waals surface area contributed by atoms with Gasteiger partial charge >= 0.3 is 0 Å². The quantitative estimate of drug-likeness (QED) is 0.668. The summed E-state index contributed by atoms with van der Waals surface area (Å²) in [6.45, 7) is 9.15. The molecule has 17 heavy (non-hydrogen) atoms. The van der Waals surface area contributed by atoms with Crippen LogP contribution in [0.3, 0.4) is 0 Å². The van der Waals surface area contributed by atoms with Gasteiger partial charge in [-0.1, -0.05) is 63.3 Å². The first-order chi connectivity index (χ1) is 8.03. The van der Waals surface area contributed by atoms with Gasteiger partial charge in [0.25, 0.3) is 0 Å². The molecule has 1 atom stereocenters. The van der Waals surface area contributed by atoms with Crippen LogP contribution in [0, 0.1) is 5.92 Å². The number of allylic oxidation sites excluding steroid dienone is 4. The molecular formula is C17H22. The van der Waals surface area contributed by atoms with Crippen LogP contribution in [0.15, 0.2) is 42.5 Å². The van der Waals surface area contributed by atoms with Gasteiger partial charge in [0.15, 0.2) is 0 Å². The molecule has 1 aliphatic carbocycles. The predicted molar refractivity (Wildman–Crippen MR) is 76.0 cm³/mol. The minimum absolute atomic E-state index is 0.166. The molecule has 0 saturated heterocycles. The lowest BCUT2D eigenvalue weighted by Crippen LogP contribution is -2.22. The van der Waals surface area contributed by atoms with E-state index in [0.29, 0.717) is 5.92 Å². The van der Waals surface area contributed by atoms with Crippen LogP contribution >= 0.6 is 0 Å². The van der Waals surface area contributed by atoms with E-state index in [-0.39, 0.29) is 5.41 Å². The fourth-order valence-electron chi connectivity index (χ4n) is 2.94. The maximum atomic E-state index is 2.36. The molecular weight excluding hydrogens is 204 g/mol. The Balaban J connectivity index is 2.55. The van der Waals surface area contributed by atoms with E-state index >= 15 is 0 Å². The van der Waals surface area contributed by atoms with Crippen molar-refractivity contribution in [1.29, 1.82) is 0 Å². The third-order valence-corrected chi connectivity index (χ3v) is 3.61. The fourth-order valence-corrected chi connectivity index (χ4v) is 2.94. The summed E-state index contributed by atoms with van der Waals surface area (Å²) in [5.41, 5.74) is 4.40. The normalized spacial score (nSPS) is 23.2. The molecule has 0 aliphatic heterocycles. The Kier molecular flexibility index (Phi) is 3.24. The molecule has 0 N–H and O–H groups in total. The Morgan fingerprint density at radius 2 is 1.88 bits per heavy atom. The second-order valence-electron chi connectivity index (χ2n) is 5.77. The number of rotatable bonds is 2. The SMILES string of the molecule is CC1=CC=CC(C)(CC(C)C)c2ccccc21. The van der Waals surface area contributed by atoms with Gasteiger partial charge in [-0.05, 0) is 36.0 Å². The van der Waals surface area contributed by atoms with E-state index in [9.17, 15) is 0 Å². The summed E-state index contributed by atoms with van der Waals surface area (Å²) < 4.78 is 0. The molecule has 0 heterocycles. The lowest BCUT2D eigenvalue weighted by Gasteiger charge is -2.30. The third kappa shape index (κ3) is 2.36. The van der Waals surface area contributed by atoms with Crippen LogP contribution in [0.4, 0.5) is 0 Å². The second-order valence-corrected chi connectivity index (χ2v) is 5.77. The summed E-state index contributed by atoms with van der Waals surface area (Å²) in [5.74, 6) is 0.705. The molecule has 1 unspecified atom stereocenters. The topological polar surface area (TPSA) is 0 Å². The average Bonchev–Trinajstić information content (AvgIpc) is 2.38. The van der Waals surface area contributed by atoms with Crippen LogP contribution in [-0.2, 0) is 5.41 Å². The van der Waals surface area contributed by atoms with Gasteiger partial charge < -0.3 is 0 Å². The fraction of sp³-hybridized carbons (Fsp3) is 0.412. The van der Waals surface area contributed by atoms with Crippen molar-refractivity contribution >= 4 is 5.57 Å². The molecule has 1 aromatic carbocycles. The Labute approximate surface area is 105 Å². The van der Waals surface area contributed by atoms with Crippen molar-refractivity contribution in [2.75, 3.05) is 0 Å². The predicted octanol–water partition coefficient (Wildman–Crippen LogP) is 4.96. The van der Waals surface area contributed by atoms with Gasteiger partial charge in [-0.15, -0.1) is 0 Å². The molecule has 0 nitrogen and oxygen atoms in total. The third-order valence-electron chi connectivity index (χ3n) is 3.61. The summed E-state index contributed by atoms with van der Waals surface area (Å²) in [6.07, 6.45) is 8.01. The van der Waals surface area contributed by atoms with E-state index in [1.165, 1.54) is 23.1 Å². The lowest BCUT2D eigenvalue weighted by molar-refractivity contribution is 0.440. The van der Waals surface area contributed by atoms with Crippen molar-refractivity contribution < 1.29 is 0 Å². The monoisotopic (exact) mass is 226 g/mol. The molecule has 0 fully saturated rings. The second kappa shape index (κ2) is 4.52. The molecule has 0 radical (unpaired) electrons.